The van der Waals surface area contributed by atoms with E-state index in [1.165, 1.54) is 6.20 Å². The van der Waals surface area contributed by atoms with Crippen LogP contribution in [-0.2, 0) is 11.2 Å². The zero-order valence-electron chi connectivity index (χ0n) is 5.78. The number of hydrogen-bond donors (Lipinski definition) is 1. The van der Waals surface area contributed by atoms with E-state index in [4.69, 9.17) is 9.63 Å². The highest BCUT2D eigenvalue weighted by atomic mass is 16.5. The molecule has 1 atom stereocenters. The number of hydrogen-bond acceptors (Lipinski definition) is 3. The van der Waals surface area contributed by atoms with Gasteiger partial charge in [-0.25, -0.2) is 0 Å². The average molecular weight is 153 g/mol. The third-order valence-electron chi connectivity index (χ3n) is 2.01. The summed E-state index contributed by atoms with van der Waals surface area (Å²) < 4.78 is 4.84. The first-order valence-electron chi connectivity index (χ1n) is 3.45. The lowest BCUT2D eigenvalue weighted by atomic mass is 10.1. The number of nitrogens with zero attached hydrogens (tertiary/aromatic N) is 1. The number of fused-ring (bicyclic) bond motifs is 1. The molecule has 1 aliphatic carbocycles. The lowest BCUT2D eigenvalue weighted by Gasteiger charge is -1.98. The first kappa shape index (κ1) is 6.39. The molecule has 0 amide bonds. The van der Waals surface area contributed by atoms with E-state index in [9.17, 15) is 4.79 Å². The van der Waals surface area contributed by atoms with Crippen LogP contribution >= 0.6 is 0 Å². The summed E-state index contributed by atoms with van der Waals surface area (Å²) >= 11 is 0. The summed E-state index contributed by atoms with van der Waals surface area (Å²) in [5.74, 6) is -0.444. The van der Waals surface area contributed by atoms with Crippen LogP contribution in [0.15, 0.2) is 10.7 Å². The standard InChI is InChI=1S/C7H7NO3/c9-7(10)4-1-2-6-5(4)3-8-11-6/h3-4H,1-2H2,(H,9,10)/t4-/m1/s1. The minimum absolute atomic E-state index is 0.392. The third-order valence-corrected chi connectivity index (χ3v) is 2.01. The number of carbonyl (C=O) groups is 1. The van der Waals surface area contributed by atoms with Gasteiger partial charge >= 0.3 is 5.97 Å². The summed E-state index contributed by atoms with van der Waals surface area (Å²) in [6.07, 6.45) is 2.85. The van der Waals surface area contributed by atoms with E-state index in [1.54, 1.807) is 0 Å². The van der Waals surface area contributed by atoms with E-state index in [0.29, 0.717) is 12.8 Å². The minimum Gasteiger partial charge on any atom is -0.481 e. The zero-order chi connectivity index (χ0) is 7.84. The van der Waals surface area contributed by atoms with E-state index < -0.39 is 11.9 Å². The molecule has 58 valence electrons. The van der Waals surface area contributed by atoms with Crippen LogP contribution in [0.2, 0.25) is 0 Å². The second-order valence-corrected chi connectivity index (χ2v) is 2.63. The van der Waals surface area contributed by atoms with Gasteiger partial charge in [0.2, 0.25) is 0 Å². The number of aryl methyl sites for hydroxylation is 1. The van der Waals surface area contributed by atoms with Crippen molar-refractivity contribution in [3.63, 3.8) is 0 Å². The molecule has 11 heavy (non-hydrogen) atoms. The Kier molecular flexibility index (Phi) is 1.21. The van der Waals surface area contributed by atoms with Gasteiger partial charge in [-0.15, -0.1) is 0 Å². The van der Waals surface area contributed by atoms with Gasteiger partial charge in [0.05, 0.1) is 12.1 Å². The lowest BCUT2D eigenvalue weighted by molar-refractivity contribution is -0.138. The van der Waals surface area contributed by atoms with Crippen LogP contribution in [-0.4, -0.2) is 16.2 Å². The molecule has 0 spiro atoms. The van der Waals surface area contributed by atoms with E-state index in [0.717, 1.165) is 11.3 Å². The smallest absolute Gasteiger partial charge is 0.311 e. The quantitative estimate of drug-likeness (QED) is 0.647. The molecule has 4 nitrogen and oxygen atoms in total. The highest BCUT2D eigenvalue weighted by Crippen LogP contribution is 2.32. The molecule has 2 rings (SSSR count). The molecule has 0 unspecified atom stereocenters. The number of aliphatic carboxylic acids is 1. The van der Waals surface area contributed by atoms with Crippen molar-refractivity contribution < 1.29 is 14.4 Å². The molecule has 0 saturated carbocycles. The Labute approximate surface area is 62.8 Å². The number of carboxylic acids is 1. The van der Waals surface area contributed by atoms with E-state index in [2.05, 4.69) is 5.16 Å². The fraction of sp³-hybridized carbons (Fsp3) is 0.429. The van der Waals surface area contributed by atoms with Crippen LogP contribution in [0.4, 0.5) is 0 Å². The fourth-order valence-electron chi connectivity index (χ4n) is 1.43. The van der Waals surface area contributed by atoms with Crippen LogP contribution in [0.1, 0.15) is 23.7 Å². The molecule has 1 aromatic rings. The Morgan fingerprint density at radius 2 is 2.64 bits per heavy atom. The van der Waals surface area contributed by atoms with Gasteiger partial charge in [-0.2, -0.15) is 0 Å². The van der Waals surface area contributed by atoms with Gasteiger partial charge < -0.3 is 9.63 Å². The van der Waals surface area contributed by atoms with Gasteiger partial charge in [-0.1, -0.05) is 5.16 Å². The Hall–Kier alpha value is -1.32. The number of aromatic nitrogens is 1. The van der Waals surface area contributed by atoms with E-state index in [1.807, 2.05) is 0 Å². The SMILES string of the molecule is O=C(O)[C@@H]1CCc2oncc21. The topological polar surface area (TPSA) is 63.3 Å². The Morgan fingerprint density at radius 1 is 1.82 bits per heavy atom. The molecule has 0 bridgehead atoms. The third kappa shape index (κ3) is 0.824. The minimum atomic E-state index is -0.785. The van der Waals surface area contributed by atoms with Gasteiger partial charge in [0.1, 0.15) is 5.76 Å². The zero-order valence-corrected chi connectivity index (χ0v) is 5.78. The summed E-state index contributed by atoms with van der Waals surface area (Å²) in [4.78, 5) is 10.6. The summed E-state index contributed by atoms with van der Waals surface area (Å²) in [5.41, 5.74) is 0.748. The molecule has 0 aliphatic heterocycles. The van der Waals surface area contributed by atoms with Crippen molar-refractivity contribution in [3.8, 4) is 0 Å². The summed E-state index contributed by atoms with van der Waals surface area (Å²) in [6, 6.07) is 0. The first-order chi connectivity index (χ1) is 5.29. The number of carboxylic acid groups (broad SMARTS) is 1. The second-order valence-electron chi connectivity index (χ2n) is 2.63. The maximum atomic E-state index is 10.6. The van der Waals surface area contributed by atoms with Crippen molar-refractivity contribution in [3.05, 3.63) is 17.5 Å². The van der Waals surface area contributed by atoms with Crippen molar-refractivity contribution >= 4 is 5.97 Å². The predicted octanol–water partition coefficient (Wildman–Crippen LogP) is 0.789. The molecular weight excluding hydrogens is 146 g/mol. The van der Waals surface area contributed by atoms with Crippen LogP contribution in [0.25, 0.3) is 0 Å². The van der Waals surface area contributed by atoms with Crippen LogP contribution in [0.3, 0.4) is 0 Å². The van der Waals surface area contributed by atoms with Gasteiger partial charge in [0.15, 0.2) is 0 Å². The molecule has 4 heteroatoms. The monoisotopic (exact) mass is 153 g/mol. The molecule has 1 heterocycles. The molecule has 1 aromatic heterocycles. The van der Waals surface area contributed by atoms with Crippen molar-refractivity contribution in [1.29, 1.82) is 0 Å². The average Bonchev–Trinajstić information content (AvgIpc) is 2.41. The predicted molar refractivity (Wildman–Crippen MR) is 35.2 cm³/mol. The van der Waals surface area contributed by atoms with Crippen LogP contribution in [0, 0.1) is 0 Å². The van der Waals surface area contributed by atoms with Gasteiger partial charge in [-0.3, -0.25) is 4.79 Å². The normalized spacial score (nSPS) is 21.6. The van der Waals surface area contributed by atoms with Gasteiger partial charge in [0, 0.05) is 12.0 Å². The van der Waals surface area contributed by atoms with Gasteiger partial charge in [-0.05, 0) is 6.42 Å². The van der Waals surface area contributed by atoms with Crippen LogP contribution < -0.4 is 0 Å². The van der Waals surface area contributed by atoms with Crippen LogP contribution in [0.5, 0.6) is 0 Å². The van der Waals surface area contributed by atoms with Gasteiger partial charge in [0.25, 0.3) is 0 Å². The Balaban J connectivity index is 2.38. The molecule has 1 aliphatic rings. The summed E-state index contributed by atoms with van der Waals surface area (Å²) in [5, 5.41) is 12.2. The maximum absolute atomic E-state index is 10.6. The second kappa shape index (κ2) is 2.08. The van der Waals surface area contributed by atoms with Crippen molar-refractivity contribution in [2.45, 2.75) is 18.8 Å². The lowest BCUT2D eigenvalue weighted by Crippen LogP contribution is -2.06. The molecular formula is C7H7NO3. The maximum Gasteiger partial charge on any atom is 0.311 e. The van der Waals surface area contributed by atoms with Crippen molar-refractivity contribution in [2.75, 3.05) is 0 Å². The fourth-order valence-corrected chi connectivity index (χ4v) is 1.43. The van der Waals surface area contributed by atoms with E-state index in [-0.39, 0.29) is 0 Å². The highest BCUT2D eigenvalue weighted by Gasteiger charge is 2.31. The molecule has 0 radical (unpaired) electrons. The Morgan fingerprint density at radius 3 is 3.36 bits per heavy atom. The Bertz CT molecular complexity index is 292. The molecule has 0 saturated heterocycles. The first-order valence-corrected chi connectivity index (χ1v) is 3.45. The van der Waals surface area contributed by atoms with Crippen molar-refractivity contribution in [1.82, 2.24) is 5.16 Å². The summed E-state index contributed by atoms with van der Waals surface area (Å²) in [7, 11) is 0. The number of rotatable bonds is 1. The molecule has 1 N–H and O–H groups in total. The highest BCUT2D eigenvalue weighted by molar-refractivity contribution is 5.77. The van der Waals surface area contributed by atoms with Crippen molar-refractivity contribution in [2.24, 2.45) is 0 Å². The summed E-state index contributed by atoms with van der Waals surface area (Å²) in [6.45, 7) is 0. The largest absolute Gasteiger partial charge is 0.481 e. The van der Waals surface area contributed by atoms with E-state index >= 15 is 0 Å². The molecule has 0 aromatic carbocycles. The molecule has 0 fully saturated rings.